The molecule has 1 amide bonds. The molecule has 0 aliphatic carbocycles. The number of hydrogen-bond donors (Lipinski definition) is 1. The Morgan fingerprint density at radius 3 is 2.90 bits per heavy atom. The van der Waals surface area contributed by atoms with E-state index in [0.717, 1.165) is 0 Å². The van der Waals surface area contributed by atoms with E-state index in [1.165, 1.54) is 10.9 Å². The van der Waals surface area contributed by atoms with Crippen molar-refractivity contribution in [1.29, 1.82) is 0 Å². The van der Waals surface area contributed by atoms with Crippen LogP contribution in [0.2, 0.25) is 0 Å². The van der Waals surface area contributed by atoms with Crippen LogP contribution < -0.4 is 5.32 Å². The fraction of sp³-hybridized carbons (Fsp3) is 0.333. The molecule has 0 spiro atoms. The molecule has 0 aliphatic rings. The first-order valence-electron chi connectivity index (χ1n) is 5.79. The van der Waals surface area contributed by atoms with Crippen LogP contribution in [-0.2, 0) is 17.9 Å². The lowest BCUT2D eigenvalue weighted by Gasteiger charge is -2.05. The van der Waals surface area contributed by atoms with Gasteiger partial charge in [-0.2, -0.15) is 5.10 Å². The minimum absolute atomic E-state index is 0.127. The standard InChI is InChI=1S/C12H12BrF2N3O2/c1-7-10(13)11(12(14)15)17-18(7)6-9(19)16-5-8-3-2-4-20-8/h2-4,12H,5-6H2,1H3,(H,16,19). The number of alkyl halides is 2. The van der Waals surface area contributed by atoms with Crippen molar-refractivity contribution >= 4 is 21.8 Å². The van der Waals surface area contributed by atoms with Gasteiger partial charge < -0.3 is 9.73 Å². The molecule has 1 N–H and O–H groups in total. The van der Waals surface area contributed by atoms with E-state index in [9.17, 15) is 13.6 Å². The Kier molecular flexibility index (Phi) is 4.53. The van der Waals surface area contributed by atoms with Crippen LogP contribution in [-0.4, -0.2) is 15.7 Å². The maximum atomic E-state index is 12.7. The molecule has 0 unspecified atom stereocenters. The molecular weight excluding hydrogens is 336 g/mol. The first-order chi connectivity index (χ1) is 9.49. The number of aromatic nitrogens is 2. The van der Waals surface area contributed by atoms with Crippen molar-refractivity contribution in [1.82, 2.24) is 15.1 Å². The van der Waals surface area contributed by atoms with Gasteiger partial charge in [-0.05, 0) is 35.0 Å². The zero-order chi connectivity index (χ0) is 14.7. The van der Waals surface area contributed by atoms with Gasteiger partial charge in [-0.1, -0.05) is 0 Å². The first-order valence-corrected chi connectivity index (χ1v) is 6.58. The van der Waals surface area contributed by atoms with Crippen molar-refractivity contribution in [2.24, 2.45) is 0 Å². The second-order valence-corrected chi connectivity index (χ2v) is 4.89. The Morgan fingerprint density at radius 2 is 2.35 bits per heavy atom. The van der Waals surface area contributed by atoms with Crippen LogP contribution in [0.3, 0.4) is 0 Å². The molecule has 5 nitrogen and oxygen atoms in total. The molecular formula is C12H12BrF2N3O2. The molecule has 2 heterocycles. The van der Waals surface area contributed by atoms with Gasteiger partial charge in [0.15, 0.2) is 0 Å². The summed E-state index contributed by atoms with van der Waals surface area (Å²) in [7, 11) is 0. The van der Waals surface area contributed by atoms with Crippen LogP contribution in [0.15, 0.2) is 27.3 Å². The van der Waals surface area contributed by atoms with Crippen molar-refractivity contribution in [2.75, 3.05) is 0 Å². The summed E-state index contributed by atoms with van der Waals surface area (Å²) in [5.74, 6) is 0.283. The van der Waals surface area contributed by atoms with Gasteiger partial charge in [-0.15, -0.1) is 0 Å². The summed E-state index contributed by atoms with van der Waals surface area (Å²) in [5.41, 5.74) is 0.120. The summed E-state index contributed by atoms with van der Waals surface area (Å²) >= 11 is 3.05. The fourth-order valence-corrected chi connectivity index (χ4v) is 2.09. The molecule has 0 saturated heterocycles. The Labute approximate surface area is 122 Å². The Hall–Kier alpha value is -1.70. The van der Waals surface area contributed by atoms with Crippen LogP contribution in [0.25, 0.3) is 0 Å². The highest BCUT2D eigenvalue weighted by Gasteiger charge is 2.21. The molecule has 20 heavy (non-hydrogen) atoms. The average Bonchev–Trinajstić information content (AvgIpc) is 3.00. The van der Waals surface area contributed by atoms with Crippen LogP contribution in [0.5, 0.6) is 0 Å². The lowest BCUT2D eigenvalue weighted by Crippen LogP contribution is -2.27. The molecule has 0 radical (unpaired) electrons. The third-order valence-corrected chi connectivity index (χ3v) is 3.68. The van der Waals surface area contributed by atoms with E-state index in [1.54, 1.807) is 19.1 Å². The van der Waals surface area contributed by atoms with Crippen LogP contribution >= 0.6 is 15.9 Å². The third kappa shape index (κ3) is 3.24. The van der Waals surface area contributed by atoms with Crippen molar-refractivity contribution in [3.8, 4) is 0 Å². The highest BCUT2D eigenvalue weighted by Crippen LogP contribution is 2.28. The quantitative estimate of drug-likeness (QED) is 0.904. The van der Waals surface area contributed by atoms with E-state index < -0.39 is 6.43 Å². The molecule has 2 rings (SSSR count). The largest absolute Gasteiger partial charge is 0.467 e. The number of carbonyl (C=O) groups excluding carboxylic acids is 1. The molecule has 0 bridgehead atoms. The van der Waals surface area contributed by atoms with Gasteiger partial charge in [0.1, 0.15) is 18.0 Å². The third-order valence-electron chi connectivity index (χ3n) is 2.70. The predicted molar refractivity (Wildman–Crippen MR) is 70.2 cm³/mol. The lowest BCUT2D eigenvalue weighted by molar-refractivity contribution is -0.122. The van der Waals surface area contributed by atoms with Crippen molar-refractivity contribution in [3.63, 3.8) is 0 Å². The Bertz CT molecular complexity index is 596. The van der Waals surface area contributed by atoms with E-state index in [-0.39, 0.29) is 29.2 Å². The first kappa shape index (κ1) is 14.7. The number of carbonyl (C=O) groups is 1. The normalized spacial score (nSPS) is 11.1. The van der Waals surface area contributed by atoms with Gasteiger partial charge in [0.2, 0.25) is 5.91 Å². The van der Waals surface area contributed by atoms with Gasteiger partial charge in [-0.3, -0.25) is 9.48 Å². The second kappa shape index (κ2) is 6.17. The maximum Gasteiger partial charge on any atom is 0.283 e. The van der Waals surface area contributed by atoms with Crippen molar-refractivity contribution in [3.05, 3.63) is 40.0 Å². The molecule has 2 aromatic rings. The fourth-order valence-electron chi connectivity index (χ4n) is 1.63. The van der Waals surface area contributed by atoms with Crippen molar-refractivity contribution < 1.29 is 18.0 Å². The zero-order valence-corrected chi connectivity index (χ0v) is 12.2. The molecule has 108 valence electrons. The van der Waals surface area contributed by atoms with Gasteiger partial charge >= 0.3 is 0 Å². The number of nitrogens with zero attached hydrogens (tertiary/aromatic N) is 2. The summed E-state index contributed by atoms with van der Waals surface area (Å²) in [6.07, 6.45) is -1.18. The minimum atomic E-state index is -2.68. The second-order valence-electron chi connectivity index (χ2n) is 4.10. The summed E-state index contributed by atoms with van der Waals surface area (Å²) in [6, 6.07) is 3.44. The van der Waals surface area contributed by atoms with Gasteiger partial charge in [0, 0.05) is 0 Å². The maximum absolute atomic E-state index is 12.7. The molecule has 2 aromatic heterocycles. The topological polar surface area (TPSA) is 60.1 Å². The number of nitrogens with one attached hydrogen (secondary N) is 1. The number of halogens is 3. The van der Waals surface area contributed by atoms with Crippen LogP contribution in [0, 0.1) is 6.92 Å². The predicted octanol–water partition coefficient (Wildman–Crippen LogP) is 2.80. The molecule has 0 saturated carbocycles. The van der Waals surface area contributed by atoms with E-state index in [0.29, 0.717) is 11.5 Å². The van der Waals surface area contributed by atoms with E-state index in [2.05, 4.69) is 26.3 Å². The number of hydrogen-bond acceptors (Lipinski definition) is 3. The number of furan rings is 1. The smallest absolute Gasteiger partial charge is 0.283 e. The highest BCUT2D eigenvalue weighted by molar-refractivity contribution is 9.10. The summed E-state index contributed by atoms with van der Waals surface area (Å²) < 4.78 is 31.9. The zero-order valence-electron chi connectivity index (χ0n) is 10.6. The van der Waals surface area contributed by atoms with E-state index in [1.807, 2.05) is 0 Å². The summed E-state index contributed by atoms with van der Waals surface area (Å²) in [4.78, 5) is 11.7. The minimum Gasteiger partial charge on any atom is -0.467 e. The van der Waals surface area contributed by atoms with Gasteiger partial charge in [-0.25, -0.2) is 8.78 Å². The average molecular weight is 348 g/mol. The van der Waals surface area contributed by atoms with Gasteiger partial charge in [0.25, 0.3) is 6.43 Å². The lowest BCUT2D eigenvalue weighted by atomic mass is 10.4. The molecule has 0 atom stereocenters. The van der Waals surface area contributed by atoms with E-state index in [4.69, 9.17) is 4.42 Å². The highest BCUT2D eigenvalue weighted by atomic mass is 79.9. The molecule has 8 heteroatoms. The monoisotopic (exact) mass is 347 g/mol. The molecule has 0 aliphatic heterocycles. The Balaban J connectivity index is 1.99. The van der Waals surface area contributed by atoms with Gasteiger partial charge in [0.05, 0.1) is 23.0 Å². The molecule has 0 aromatic carbocycles. The summed E-state index contributed by atoms with van der Waals surface area (Å²) in [6.45, 7) is 1.73. The van der Waals surface area contributed by atoms with E-state index >= 15 is 0 Å². The molecule has 0 fully saturated rings. The van der Waals surface area contributed by atoms with Crippen LogP contribution in [0.4, 0.5) is 8.78 Å². The van der Waals surface area contributed by atoms with Crippen molar-refractivity contribution in [2.45, 2.75) is 26.4 Å². The summed E-state index contributed by atoms with van der Waals surface area (Å²) in [5, 5.41) is 6.35. The number of amides is 1. The van der Waals surface area contributed by atoms with Crippen LogP contribution in [0.1, 0.15) is 23.6 Å². The Morgan fingerprint density at radius 1 is 1.60 bits per heavy atom. The SMILES string of the molecule is Cc1c(Br)c(C(F)F)nn1CC(=O)NCc1ccco1. The number of rotatable bonds is 5.